The van der Waals surface area contributed by atoms with E-state index >= 15 is 0 Å². The number of rotatable bonds is 6. The number of hydrogen-bond donors (Lipinski definition) is 1. The Labute approximate surface area is 170 Å². The minimum atomic E-state index is -1.44. The summed E-state index contributed by atoms with van der Waals surface area (Å²) in [6.45, 7) is -1.17. The van der Waals surface area contributed by atoms with Gasteiger partial charge in [0.25, 0.3) is 0 Å². The molecule has 2 saturated heterocycles. The van der Waals surface area contributed by atoms with Crippen molar-refractivity contribution in [2.24, 2.45) is 5.73 Å². The highest BCUT2D eigenvalue weighted by Crippen LogP contribution is 2.20. The Morgan fingerprint density at radius 3 is 2.57 bits per heavy atom. The second kappa shape index (κ2) is 9.33. The van der Waals surface area contributed by atoms with Crippen molar-refractivity contribution in [3.05, 3.63) is 35.9 Å². The first-order valence-electron chi connectivity index (χ1n) is 9.01. The molecule has 2 heterocycles. The van der Waals surface area contributed by atoms with Crippen LogP contribution in [0.25, 0.3) is 0 Å². The number of amides is 3. The van der Waals surface area contributed by atoms with Gasteiger partial charge in [-0.25, -0.2) is 19.3 Å². The molecule has 0 aromatic heterocycles. The molecule has 30 heavy (non-hydrogen) atoms. The van der Waals surface area contributed by atoms with E-state index in [1.165, 1.54) is 0 Å². The molecular formula is C18H19N3O9. The van der Waals surface area contributed by atoms with E-state index in [4.69, 9.17) is 24.9 Å². The molecule has 160 valence electrons. The third-order valence-electron chi connectivity index (χ3n) is 4.29. The summed E-state index contributed by atoms with van der Waals surface area (Å²) in [4.78, 5) is 70.5. The summed E-state index contributed by atoms with van der Waals surface area (Å²) in [6.07, 6.45) is -2.12. The largest absolute Gasteiger partial charge is 0.450 e. The number of imide groups is 1. The molecule has 0 aliphatic carbocycles. The number of hydroxylamine groups is 2. The first kappa shape index (κ1) is 21.2. The van der Waals surface area contributed by atoms with Gasteiger partial charge in [0.15, 0.2) is 6.04 Å². The molecule has 12 heteroatoms. The quantitative estimate of drug-likeness (QED) is 0.590. The molecule has 12 nitrogen and oxygen atoms in total. The van der Waals surface area contributed by atoms with Crippen LogP contribution in [-0.4, -0.2) is 65.3 Å². The summed E-state index contributed by atoms with van der Waals surface area (Å²) < 4.78 is 9.85. The zero-order valence-electron chi connectivity index (χ0n) is 15.7. The first-order chi connectivity index (χ1) is 14.4. The Kier molecular flexibility index (Phi) is 6.59. The van der Waals surface area contributed by atoms with Crippen LogP contribution in [0.5, 0.6) is 0 Å². The van der Waals surface area contributed by atoms with Crippen molar-refractivity contribution in [2.75, 3.05) is 13.2 Å². The summed E-state index contributed by atoms with van der Waals surface area (Å²) in [5.41, 5.74) is 6.01. The van der Waals surface area contributed by atoms with Gasteiger partial charge in [0.05, 0.1) is 6.54 Å². The van der Waals surface area contributed by atoms with Crippen LogP contribution in [0.4, 0.5) is 4.79 Å². The summed E-state index contributed by atoms with van der Waals surface area (Å²) in [7, 11) is 0. The molecule has 3 rings (SSSR count). The van der Waals surface area contributed by atoms with E-state index in [1.54, 1.807) is 30.3 Å². The molecule has 0 bridgehead atoms. The normalized spacial score (nSPS) is 20.6. The highest BCUT2D eigenvalue weighted by atomic mass is 17.0. The standard InChI is InChI=1S/C18H19N3O9/c19-8-14(22)20(18(26)27-9-11-4-2-1-3-5-11)12-10-28-21(16(12)24)30-17(25)13-6-7-15(23)29-13/h1-5,12-13H,6-10,19H2/t12-,13?/m0/s1. The van der Waals surface area contributed by atoms with Gasteiger partial charge in [0.1, 0.15) is 13.2 Å². The molecule has 1 unspecified atom stereocenters. The molecule has 1 aromatic carbocycles. The van der Waals surface area contributed by atoms with Gasteiger partial charge in [-0.05, 0) is 10.8 Å². The third-order valence-corrected chi connectivity index (χ3v) is 4.29. The molecule has 2 N–H and O–H groups in total. The van der Waals surface area contributed by atoms with Gasteiger partial charge >= 0.3 is 23.9 Å². The first-order valence-corrected chi connectivity index (χ1v) is 9.01. The monoisotopic (exact) mass is 421 g/mol. The van der Waals surface area contributed by atoms with Crippen LogP contribution in [0.15, 0.2) is 30.3 Å². The van der Waals surface area contributed by atoms with Gasteiger partial charge < -0.3 is 20.0 Å². The number of carbonyl (C=O) groups is 5. The second-order valence-corrected chi connectivity index (χ2v) is 6.34. The fourth-order valence-electron chi connectivity index (χ4n) is 2.77. The van der Waals surface area contributed by atoms with Gasteiger partial charge in [0, 0.05) is 12.8 Å². The molecule has 1 aromatic rings. The number of nitrogens with two attached hydrogens (primary N) is 1. The smallest absolute Gasteiger partial charge is 0.417 e. The lowest BCUT2D eigenvalue weighted by Crippen LogP contribution is -2.52. The zero-order chi connectivity index (χ0) is 21.7. The number of cyclic esters (lactones) is 1. The van der Waals surface area contributed by atoms with Gasteiger partial charge in [-0.3, -0.25) is 14.4 Å². The molecule has 0 spiro atoms. The van der Waals surface area contributed by atoms with Gasteiger partial charge in [-0.2, -0.15) is 0 Å². The predicted octanol–water partition coefficient (Wildman–Crippen LogP) is -0.583. The Balaban J connectivity index is 1.63. The van der Waals surface area contributed by atoms with E-state index in [-0.39, 0.29) is 24.7 Å². The number of ether oxygens (including phenoxy) is 2. The van der Waals surface area contributed by atoms with E-state index in [9.17, 15) is 24.0 Å². The number of nitrogens with zero attached hydrogens (tertiary/aromatic N) is 2. The van der Waals surface area contributed by atoms with E-state index in [1.807, 2.05) is 0 Å². The predicted molar refractivity (Wildman–Crippen MR) is 94.3 cm³/mol. The summed E-state index contributed by atoms with van der Waals surface area (Å²) >= 11 is 0. The lowest BCUT2D eigenvalue weighted by atomic mass is 10.2. The van der Waals surface area contributed by atoms with Gasteiger partial charge in [0.2, 0.25) is 12.0 Å². The van der Waals surface area contributed by atoms with E-state index in [0.717, 1.165) is 0 Å². The Morgan fingerprint density at radius 1 is 1.20 bits per heavy atom. The molecule has 2 aliphatic rings. The van der Waals surface area contributed by atoms with Crippen LogP contribution in [0, 0.1) is 0 Å². The molecule has 0 radical (unpaired) electrons. The van der Waals surface area contributed by atoms with Crippen molar-refractivity contribution in [3.8, 4) is 0 Å². The maximum absolute atomic E-state index is 12.5. The van der Waals surface area contributed by atoms with E-state index in [2.05, 4.69) is 0 Å². The topological polar surface area (TPSA) is 155 Å². The zero-order valence-corrected chi connectivity index (χ0v) is 15.7. The maximum Gasteiger partial charge on any atom is 0.417 e. The fraction of sp³-hybridized carbons (Fsp3) is 0.389. The average Bonchev–Trinajstić information content (AvgIpc) is 3.34. The van der Waals surface area contributed by atoms with E-state index in [0.29, 0.717) is 10.5 Å². The highest BCUT2D eigenvalue weighted by Gasteiger charge is 2.46. The van der Waals surface area contributed by atoms with Crippen LogP contribution < -0.4 is 5.73 Å². The summed E-state index contributed by atoms with van der Waals surface area (Å²) in [5.74, 6) is -3.46. The van der Waals surface area contributed by atoms with Crippen LogP contribution in [0.2, 0.25) is 0 Å². The Bertz CT molecular complexity index is 845. The van der Waals surface area contributed by atoms with Crippen molar-refractivity contribution >= 4 is 29.8 Å². The van der Waals surface area contributed by atoms with Gasteiger partial charge in [-0.1, -0.05) is 30.3 Å². The minimum Gasteiger partial charge on any atom is -0.450 e. The van der Waals surface area contributed by atoms with Crippen molar-refractivity contribution in [1.82, 2.24) is 10.1 Å². The molecule has 3 amide bonds. The minimum absolute atomic E-state index is 0.0449. The van der Waals surface area contributed by atoms with Crippen LogP contribution in [0.1, 0.15) is 18.4 Å². The highest BCUT2D eigenvalue weighted by molar-refractivity contribution is 5.99. The molecule has 0 saturated carbocycles. The maximum atomic E-state index is 12.5. The van der Waals surface area contributed by atoms with Crippen molar-refractivity contribution in [2.45, 2.75) is 31.6 Å². The second-order valence-electron chi connectivity index (χ2n) is 6.34. The summed E-state index contributed by atoms with van der Waals surface area (Å²) in [6, 6.07) is 7.25. The molecule has 2 aliphatic heterocycles. The average molecular weight is 421 g/mol. The molecular weight excluding hydrogens is 402 g/mol. The number of benzene rings is 1. The van der Waals surface area contributed by atoms with Crippen LogP contribution in [-0.2, 0) is 44.9 Å². The van der Waals surface area contributed by atoms with Crippen molar-refractivity contribution in [3.63, 3.8) is 0 Å². The number of esters is 1. The molecule has 2 atom stereocenters. The lowest BCUT2D eigenvalue weighted by Gasteiger charge is -2.23. The number of carbonyl (C=O) groups excluding carboxylic acids is 5. The number of hydrogen-bond acceptors (Lipinski definition) is 10. The fourth-order valence-corrected chi connectivity index (χ4v) is 2.77. The van der Waals surface area contributed by atoms with Gasteiger partial charge in [-0.15, -0.1) is 0 Å². The van der Waals surface area contributed by atoms with Crippen molar-refractivity contribution < 1.29 is 43.1 Å². The van der Waals surface area contributed by atoms with Crippen molar-refractivity contribution in [1.29, 1.82) is 0 Å². The van der Waals surface area contributed by atoms with Crippen LogP contribution >= 0.6 is 0 Å². The SMILES string of the molecule is NCC(=O)N(C(=O)OCc1ccccc1)[C@H]1CON(OC(=O)C2CCC(=O)O2)C1=O. The Morgan fingerprint density at radius 2 is 1.93 bits per heavy atom. The summed E-state index contributed by atoms with van der Waals surface area (Å²) in [5, 5.41) is 0.250. The lowest BCUT2D eigenvalue weighted by molar-refractivity contribution is -0.306. The molecule has 2 fully saturated rings. The van der Waals surface area contributed by atoms with Crippen LogP contribution in [0.3, 0.4) is 0 Å². The van der Waals surface area contributed by atoms with E-state index < -0.39 is 55.1 Å². The third kappa shape index (κ3) is 4.72. The Hall–Kier alpha value is -3.51.